The van der Waals surface area contributed by atoms with Crippen molar-refractivity contribution in [3.63, 3.8) is 0 Å². The molecule has 0 aliphatic carbocycles. The van der Waals surface area contributed by atoms with E-state index in [9.17, 15) is 17.9 Å². The van der Waals surface area contributed by atoms with E-state index in [4.69, 9.17) is 11.6 Å². The summed E-state index contributed by atoms with van der Waals surface area (Å²) in [5, 5.41) is 11.9. The number of hydrogen-bond acceptors (Lipinski definition) is 7. The monoisotopic (exact) mass is 572 g/mol. The van der Waals surface area contributed by atoms with Crippen molar-refractivity contribution in [2.24, 2.45) is 23.4 Å². The summed E-state index contributed by atoms with van der Waals surface area (Å²) in [7, 11) is -3.54. The number of aromatic nitrogens is 1. The molecule has 2 heterocycles. The third-order valence-corrected chi connectivity index (χ3v) is 8.84. The van der Waals surface area contributed by atoms with Crippen LogP contribution in [0.25, 0.3) is 16.6 Å². The topological polar surface area (TPSA) is 141 Å². The van der Waals surface area contributed by atoms with E-state index in [1.807, 2.05) is 12.1 Å². The quantitative estimate of drug-likeness (QED) is 0.166. The van der Waals surface area contributed by atoms with Gasteiger partial charge in [-0.2, -0.15) is 0 Å². The number of nitrogens with zero attached hydrogens (tertiary/aromatic N) is 2. The number of likely N-dealkylation sites (tertiary alicyclic amines) is 1. The van der Waals surface area contributed by atoms with Crippen LogP contribution >= 0.6 is 0 Å². The van der Waals surface area contributed by atoms with Gasteiger partial charge in [-0.1, -0.05) is 26.0 Å². The highest BCUT2D eigenvalue weighted by molar-refractivity contribution is 7.89. The van der Waals surface area contributed by atoms with Crippen LogP contribution in [-0.2, 0) is 23.1 Å². The second kappa shape index (κ2) is 13.1. The summed E-state index contributed by atoms with van der Waals surface area (Å²) in [5.41, 5.74) is 9.57. The molecule has 40 heavy (non-hydrogen) atoms. The minimum Gasteiger partial charge on any atom is -0.397 e. The predicted molar refractivity (Wildman–Crippen MR) is 157 cm³/mol. The SMILES string of the molecule is CC(C)Cc1ccc(S(=O)(=O)NCCN2CCC(CN(N)/C=C(\N)c3c(CO)[nH]c4ccc(F)cc34)CC2)cc1. The Morgan fingerprint density at radius 2 is 1.93 bits per heavy atom. The molecular formula is C29H41FN6O3S. The van der Waals surface area contributed by atoms with Gasteiger partial charge in [0.05, 0.1) is 22.9 Å². The highest BCUT2D eigenvalue weighted by Crippen LogP contribution is 2.28. The third kappa shape index (κ3) is 7.61. The predicted octanol–water partition coefficient (Wildman–Crippen LogP) is 3.12. The lowest BCUT2D eigenvalue weighted by Crippen LogP contribution is -2.42. The lowest BCUT2D eigenvalue weighted by atomic mass is 9.96. The number of aromatic amines is 1. The van der Waals surface area contributed by atoms with Crippen LogP contribution in [0.3, 0.4) is 0 Å². The molecule has 1 aliphatic heterocycles. The standard InChI is InChI=1S/C29H41FN6O3S/c1-20(2)15-21-3-6-24(7-4-21)40(38,39)33-11-14-35-12-9-22(10-13-35)17-36(32)18-26(31)29-25-16-23(30)5-8-27(25)34-28(29)19-37/h3-8,16,18,20,22,33-34,37H,9-15,17,19,31-32H2,1-2H3/b26-18-. The number of benzene rings is 2. The van der Waals surface area contributed by atoms with Gasteiger partial charge < -0.3 is 25.7 Å². The van der Waals surface area contributed by atoms with E-state index < -0.39 is 10.0 Å². The summed E-state index contributed by atoms with van der Waals surface area (Å²) in [5.74, 6) is 6.75. The van der Waals surface area contributed by atoms with Gasteiger partial charge in [-0.3, -0.25) is 0 Å². The molecule has 0 unspecified atom stereocenters. The molecular weight excluding hydrogens is 531 g/mol. The third-order valence-electron chi connectivity index (χ3n) is 7.36. The first-order valence-electron chi connectivity index (χ1n) is 13.8. The Balaban J connectivity index is 1.24. The largest absolute Gasteiger partial charge is 0.397 e. The Bertz CT molecular complexity index is 1410. The van der Waals surface area contributed by atoms with Crippen LogP contribution in [0.4, 0.5) is 4.39 Å². The maximum Gasteiger partial charge on any atom is 0.240 e. The lowest BCUT2D eigenvalue weighted by molar-refractivity contribution is 0.163. The number of aliphatic hydroxyl groups excluding tert-OH is 1. The Labute approximate surface area is 236 Å². The highest BCUT2D eigenvalue weighted by Gasteiger charge is 2.22. The average molecular weight is 573 g/mol. The molecule has 3 aromatic rings. The summed E-state index contributed by atoms with van der Waals surface area (Å²) < 4.78 is 41.9. The molecule has 11 heteroatoms. The minimum absolute atomic E-state index is 0.260. The number of nitrogens with two attached hydrogens (primary N) is 2. The zero-order chi connectivity index (χ0) is 28.9. The zero-order valence-corrected chi connectivity index (χ0v) is 24.1. The van der Waals surface area contributed by atoms with Gasteiger partial charge in [-0.05, 0) is 80.1 Å². The van der Waals surface area contributed by atoms with Gasteiger partial charge in [0.15, 0.2) is 0 Å². The molecule has 0 saturated carbocycles. The number of aliphatic hydroxyl groups is 1. The van der Waals surface area contributed by atoms with E-state index in [0.717, 1.165) is 37.9 Å². The van der Waals surface area contributed by atoms with Crippen LogP contribution in [0.1, 0.15) is 43.5 Å². The number of fused-ring (bicyclic) bond motifs is 1. The fraction of sp³-hybridized carbons (Fsp3) is 0.448. The van der Waals surface area contributed by atoms with Gasteiger partial charge in [-0.15, -0.1) is 0 Å². The highest BCUT2D eigenvalue weighted by atomic mass is 32.2. The van der Waals surface area contributed by atoms with Gasteiger partial charge >= 0.3 is 0 Å². The Hall–Kier alpha value is -2.96. The number of piperidine rings is 1. The Morgan fingerprint density at radius 1 is 1.23 bits per heavy atom. The fourth-order valence-electron chi connectivity index (χ4n) is 5.35. The van der Waals surface area contributed by atoms with E-state index in [1.54, 1.807) is 29.4 Å². The molecule has 0 atom stereocenters. The molecule has 1 fully saturated rings. The first-order chi connectivity index (χ1) is 19.1. The van der Waals surface area contributed by atoms with Crippen molar-refractivity contribution in [2.75, 3.05) is 32.7 Å². The number of halogens is 1. The molecule has 0 radical (unpaired) electrons. The van der Waals surface area contributed by atoms with Crippen LogP contribution in [-0.4, -0.2) is 61.1 Å². The van der Waals surface area contributed by atoms with Gasteiger partial charge in [0, 0.05) is 42.3 Å². The van der Waals surface area contributed by atoms with Crippen molar-refractivity contribution >= 4 is 26.6 Å². The smallest absolute Gasteiger partial charge is 0.240 e. The summed E-state index contributed by atoms with van der Waals surface area (Å²) in [6, 6.07) is 11.5. The second-order valence-electron chi connectivity index (χ2n) is 11.0. The molecule has 7 N–H and O–H groups in total. The molecule has 9 nitrogen and oxygen atoms in total. The van der Waals surface area contributed by atoms with Crippen molar-refractivity contribution in [1.82, 2.24) is 19.6 Å². The molecule has 1 aliphatic rings. The first kappa shape index (κ1) is 30.0. The summed E-state index contributed by atoms with van der Waals surface area (Å²) in [6.45, 7) is 7.29. The van der Waals surface area contributed by atoms with E-state index >= 15 is 0 Å². The summed E-state index contributed by atoms with van der Waals surface area (Å²) in [4.78, 5) is 5.62. The van der Waals surface area contributed by atoms with Crippen LogP contribution in [0, 0.1) is 17.7 Å². The van der Waals surface area contributed by atoms with Crippen molar-refractivity contribution in [2.45, 2.75) is 44.6 Å². The van der Waals surface area contributed by atoms with E-state index in [2.05, 4.69) is 28.5 Å². The maximum absolute atomic E-state index is 13.8. The molecule has 0 amide bonds. The van der Waals surface area contributed by atoms with Crippen molar-refractivity contribution in [3.8, 4) is 0 Å². The normalized spacial score (nSPS) is 15.8. The summed E-state index contributed by atoms with van der Waals surface area (Å²) in [6.07, 6.45) is 4.39. The Morgan fingerprint density at radius 3 is 2.58 bits per heavy atom. The van der Waals surface area contributed by atoms with E-state index in [0.29, 0.717) is 59.3 Å². The van der Waals surface area contributed by atoms with Crippen molar-refractivity contribution in [3.05, 3.63) is 71.3 Å². The molecule has 2 aromatic carbocycles. The molecule has 1 saturated heterocycles. The molecule has 218 valence electrons. The number of sulfonamides is 1. The Kier molecular flexibility index (Phi) is 9.85. The summed E-state index contributed by atoms with van der Waals surface area (Å²) >= 11 is 0. The number of hydrogen-bond donors (Lipinski definition) is 5. The van der Waals surface area contributed by atoms with Crippen molar-refractivity contribution < 1.29 is 17.9 Å². The molecule has 4 rings (SSSR count). The van der Waals surface area contributed by atoms with Crippen LogP contribution < -0.4 is 16.3 Å². The average Bonchev–Trinajstić information content (AvgIpc) is 3.27. The van der Waals surface area contributed by atoms with Gasteiger partial charge in [0.1, 0.15) is 5.82 Å². The number of H-pyrrole nitrogens is 1. The lowest BCUT2D eigenvalue weighted by Gasteiger charge is -2.33. The fourth-order valence-corrected chi connectivity index (χ4v) is 6.37. The molecule has 1 aromatic heterocycles. The van der Waals surface area contributed by atoms with Crippen molar-refractivity contribution in [1.29, 1.82) is 0 Å². The minimum atomic E-state index is -3.54. The number of rotatable bonds is 12. The maximum atomic E-state index is 13.8. The van der Waals surface area contributed by atoms with Gasteiger partial charge in [-0.25, -0.2) is 23.4 Å². The number of hydrazine groups is 1. The second-order valence-corrected chi connectivity index (χ2v) is 12.8. The number of nitrogens with one attached hydrogen (secondary N) is 2. The molecule has 0 bridgehead atoms. The molecule has 0 spiro atoms. The zero-order valence-electron chi connectivity index (χ0n) is 23.2. The van der Waals surface area contributed by atoms with Crippen LogP contribution in [0.15, 0.2) is 53.6 Å². The first-order valence-corrected chi connectivity index (χ1v) is 15.2. The van der Waals surface area contributed by atoms with E-state index in [-0.39, 0.29) is 17.3 Å². The van der Waals surface area contributed by atoms with Gasteiger partial charge in [0.25, 0.3) is 0 Å². The van der Waals surface area contributed by atoms with Crippen LogP contribution in [0.2, 0.25) is 0 Å². The van der Waals surface area contributed by atoms with E-state index in [1.165, 1.54) is 12.1 Å². The van der Waals surface area contributed by atoms with Gasteiger partial charge in [0.2, 0.25) is 10.0 Å². The van der Waals surface area contributed by atoms with Crippen LogP contribution in [0.5, 0.6) is 0 Å².